The molecular weight excluding hydrogens is 380 g/mol. The molecule has 9 heteroatoms. The van der Waals surface area contributed by atoms with Crippen molar-refractivity contribution in [1.29, 1.82) is 0 Å². The first kappa shape index (κ1) is 26.8. The minimum Gasteiger partial charge on any atom is -0.459 e. The molecule has 2 N–H and O–H groups in total. The minimum absolute atomic E-state index is 0.121. The van der Waals surface area contributed by atoms with Gasteiger partial charge in [-0.2, -0.15) is 0 Å². The molecular formula is C20H36N2O7. The predicted molar refractivity (Wildman–Crippen MR) is 107 cm³/mol. The van der Waals surface area contributed by atoms with Gasteiger partial charge in [0.15, 0.2) is 0 Å². The van der Waals surface area contributed by atoms with E-state index in [-0.39, 0.29) is 25.2 Å². The predicted octanol–water partition coefficient (Wildman–Crippen LogP) is 1.33. The Balaban J connectivity index is 4.65. The molecule has 0 radical (unpaired) electrons. The molecule has 0 aromatic heterocycles. The van der Waals surface area contributed by atoms with E-state index < -0.39 is 34.9 Å². The van der Waals surface area contributed by atoms with Crippen molar-refractivity contribution in [2.75, 3.05) is 19.8 Å². The van der Waals surface area contributed by atoms with Gasteiger partial charge >= 0.3 is 23.8 Å². The largest absolute Gasteiger partial charge is 0.459 e. The summed E-state index contributed by atoms with van der Waals surface area (Å²) in [4.78, 5) is 46.6. The van der Waals surface area contributed by atoms with Crippen LogP contribution in [0.1, 0.15) is 61.8 Å². The zero-order chi connectivity index (χ0) is 22.8. The van der Waals surface area contributed by atoms with E-state index in [1.54, 1.807) is 34.6 Å². The Hall–Kier alpha value is -2.16. The van der Waals surface area contributed by atoms with E-state index in [9.17, 15) is 19.2 Å². The first-order chi connectivity index (χ1) is 13.3. The fourth-order valence-corrected chi connectivity index (χ4v) is 2.55. The van der Waals surface area contributed by atoms with E-state index in [1.807, 2.05) is 20.8 Å². The summed E-state index contributed by atoms with van der Waals surface area (Å²) in [5.74, 6) is -3.53. The molecule has 168 valence electrons. The highest BCUT2D eigenvalue weighted by Gasteiger charge is 2.33. The van der Waals surface area contributed by atoms with Crippen LogP contribution in [-0.4, -0.2) is 60.8 Å². The van der Waals surface area contributed by atoms with Crippen molar-refractivity contribution in [2.24, 2.45) is 5.92 Å². The maximum Gasteiger partial charge on any atom is 0.396 e. The number of rotatable bonds is 10. The van der Waals surface area contributed by atoms with Crippen LogP contribution in [0.3, 0.4) is 0 Å². The van der Waals surface area contributed by atoms with Crippen LogP contribution in [0.2, 0.25) is 0 Å². The maximum atomic E-state index is 11.9. The van der Waals surface area contributed by atoms with E-state index in [2.05, 4.69) is 15.4 Å². The van der Waals surface area contributed by atoms with Gasteiger partial charge in [-0.15, -0.1) is 0 Å². The van der Waals surface area contributed by atoms with Gasteiger partial charge in [0.2, 0.25) is 0 Å². The molecule has 0 heterocycles. The van der Waals surface area contributed by atoms with E-state index in [0.29, 0.717) is 13.0 Å². The molecule has 0 aliphatic rings. The summed E-state index contributed by atoms with van der Waals surface area (Å²) in [6.07, 6.45) is 0.459. The highest BCUT2D eigenvalue weighted by Crippen LogP contribution is 2.22. The average molecular weight is 417 g/mol. The van der Waals surface area contributed by atoms with E-state index in [1.165, 1.54) is 0 Å². The van der Waals surface area contributed by atoms with E-state index in [4.69, 9.17) is 9.47 Å². The first-order valence-electron chi connectivity index (χ1n) is 9.86. The van der Waals surface area contributed by atoms with E-state index >= 15 is 0 Å². The molecule has 0 spiro atoms. The first-order valence-corrected chi connectivity index (χ1v) is 9.86. The molecule has 0 rings (SSSR count). The minimum atomic E-state index is -0.916. The number of ether oxygens (including phenoxy) is 3. The van der Waals surface area contributed by atoms with Crippen molar-refractivity contribution in [3.63, 3.8) is 0 Å². The smallest absolute Gasteiger partial charge is 0.396 e. The molecule has 0 aromatic rings. The Morgan fingerprint density at radius 1 is 0.862 bits per heavy atom. The van der Waals surface area contributed by atoms with Crippen LogP contribution in [0.15, 0.2) is 0 Å². The number of nitrogens with one attached hydrogen (secondary N) is 2. The van der Waals surface area contributed by atoms with Crippen molar-refractivity contribution in [1.82, 2.24) is 10.6 Å². The molecule has 0 bridgehead atoms. The van der Waals surface area contributed by atoms with Crippen molar-refractivity contribution < 1.29 is 33.4 Å². The Morgan fingerprint density at radius 3 is 1.83 bits per heavy atom. The third-order valence-corrected chi connectivity index (χ3v) is 4.49. The summed E-state index contributed by atoms with van der Waals surface area (Å²) in [6.45, 7) is 14.8. The van der Waals surface area contributed by atoms with Crippen molar-refractivity contribution in [2.45, 2.75) is 79.0 Å². The van der Waals surface area contributed by atoms with Crippen LogP contribution in [0.4, 0.5) is 0 Å². The lowest BCUT2D eigenvalue weighted by Crippen LogP contribution is -2.52. The number of hydrogen-bond acceptors (Lipinski definition) is 7. The van der Waals surface area contributed by atoms with Crippen LogP contribution in [-0.2, 0) is 33.4 Å². The van der Waals surface area contributed by atoms with Gasteiger partial charge in [-0.05, 0) is 54.9 Å². The van der Waals surface area contributed by atoms with Gasteiger partial charge < -0.3 is 24.8 Å². The molecule has 2 unspecified atom stereocenters. The number of esters is 2. The van der Waals surface area contributed by atoms with Gasteiger partial charge in [0.25, 0.3) is 0 Å². The zero-order valence-electron chi connectivity index (χ0n) is 18.8. The fourth-order valence-electron chi connectivity index (χ4n) is 2.55. The number of amides is 2. The highest BCUT2D eigenvalue weighted by atomic mass is 16.5. The molecule has 0 saturated carbocycles. The second-order valence-corrected chi connectivity index (χ2v) is 8.17. The standard InChI is InChI=1S/C20H36N2O7/c1-9-27-17(25)15(23)21-14(4)11-19(5,6)29-12-13(3)20(7,8)22-16(24)18(26)28-10-2/h13-14H,9-12H2,1-8H3,(H,21,23)(H,22,24). The molecule has 0 aromatic carbocycles. The van der Waals surface area contributed by atoms with Crippen LogP contribution in [0, 0.1) is 5.92 Å². The summed E-state index contributed by atoms with van der Waals surface area (Å²) in [5, 5.41) is 5.25. The molecule has 0 aliphatic carbocycles. The zero-order valence-corrected chi connectivity index (χ0v) is 18.8. The SMILES string of the molecule is CCOC(=O)C(=O)NC(C)CC(C)(C)OCC(C)C(C)(C)NC(=O)C(=O)OCC. The van der Waals surface area contributed by atoms with Gasteiger partial charge in [0.05, 0.1) is 25.4 Å². The molecule has 0 fully saturated rings. The Kier molecular flexibility index (Phi) is 10.9. The van der Waals surface area contributed by atoms with Crippen LogP contribution < -0.4 is 10.6 Å². The Bertz CT molecular complexity index is 587. The Morgan fingerprint density at radius 2 is 1.34 bits per heavy atom. The normalized spacial score (nSPS) is 13.8. The lowest BCUT2D eigenvalue weighted by atomic mass is 9.89. The lowest BCUT2D eigenvalue weighted by Gasteiger charge is -2.36. The highest BCUT2D eigenvalue weighted by molar-refractivity contribution is 6.33. The van der Waals surface area contributed by atoms with Crippen molar-refractivity contribution >= 4 is 23.8 Å². The van der Waals surface area contributed by atoms with E-state index in [0.717, 1.165) is 0 Å². The topological polar surface area (TPSA) is 120 Å². The monoisotopic (exact) mass is 416 g/mol. The fraction of sp³-hybridized carbons (Fsp3) is 0.800. The molecule has 0 aliphatic heterocycles. The summed E-state index contributed by atoms with van der Waals surface area (Å²) in [5.41, 5.74) is -1.31. The van der Waals surface area contributed by atoms with Gasteiger partial charge in [0, 0.05) is 17.5 Å². The van der Waals surface area contributed by atoms with Gasteiger partial charge in [-0.3, -0.25) is 9.59 Å². The number of hydrogen-bond donors (Lipinski definition) is 2. The summed E-state index contributed by atoms with van der Waals surface area (Å²) >= 11 is 0. The second-order valence-electron chi connectivity index (χ2n) is 8.17. The molecule has 29 heavy (non-hydrogen) atoms. The summed E-state index contributed by atoms with van der Waals surface area (Å²) in [7, 11) is 0. The van der Waals surface area contributed by atoms with Crippen LogP contribution in [0.25, 0.3) is 0 Å². The second kappa shape index (κ2) is 11.7. The third kappa shape index (κ3) is 10.3. The molecule has 9 nitrogen and oxygen atoms in total. The van der Waals surface area contributed by atoms with Gasteiger partial charge in [-0.1, -0.05) is 6.92 Å². The van der Waals surface area contributed by atoms with Crippen LogP contribution >= 0.6 is 0 Å². The molecule has 2 amide bonds. The summed E-state index contributed by atoms with van der Waals surface area (Å²) < 4.78 is 15.4. The average Bonchev–Trinajstić information content (AvgIpc) is 2.58. The Labute approximate surface area is 173 Å². The number of carbonyl (C=O) groups is 4. The van der Waals surface area contributed by atoms with Crippen molar-refractivity contribution in [3.8, 4) is 0 Å². The quantitative estimate of drug-likeness (QED) is 0.407. The lowest BCUT2D eigenvalue weighted by molar-refractivity contribution is -0.155. The number of carbonyl (C=O) groups excluding carboxylic acids is 4. The van der Waals surface area contributed by atoms with Gasteiger partial charge in [0.1, 0.15) is 0 Å². The van der Waals surface area contributed by atoms with Crippen molar-refractivity contribution in [3.05, 3.63) is 0 Å². The third-order valence-electron chi connectivity index (χ3n) is 4.49. The summed E-state index contributed by atoms with van der Waals surface area (Å²) in [6, 6.07) is -0.311. The maximum absolute atomic E-state index is 11.9. The molecule has 2 atom stereocenters. The molecule has 0 saturated heterocycles. The van der Waals surface area contributed by atoms with Crippen LogP contribution in [0.5, 0.6) is 0 Å². The van der Waals surface area contributed by atoms with Gasteiger partial charge in [-0.25, -0.2) is 9.59 Å².